The van der Waals surface area contributed by atoms with Gasteiger partial charge in [-0.3, -0.25) is 5.10 Å². The van der Waals surface area contributed by atoms with Crippen LogP contribution in [0.4, 0.5) is 5.69 Å². The number of nitrogens with zero attached hydrogens (tertiary/aromatic N) is 3. The Morgan fingerprint density at radius 3 is 2.86 bits per heavy atom. The van der Waals surface area contributed by atoms with Crippen molar-refractivity contribution in [2.75, 3.05) is 12.3 Å². The van der Waals surface area contributed by atoms with E-state index in [-0.39, 0.29) is 0 Å². The van der Waals surface area contributed by atoms with Crippen LogP contribution in [0.5, 0.6) is 5.75 Å². The first-order chi connectivity index (χ1) is 10.1. The molecule has 7 heteroatoms. The number of nitrogens with two attached hydrogens (primary N) is 1. The number of aromatic amines is 1. The third kappa shape index (κ3) is 2.80. The van der Waals surface area contributed by atoms with Gasteiger partial charge in [-0.2, -0.15) is 14.7 Å². The monoisotopic (exact) mass is 305 g/mol. The van der Waals surface area contributed by atoms with Crippen LogP contribution in [0.1, 0.15) is 17.9 Å². The van der Waals surface area contributed by atoms with Crippen molar-refractivity contribution in [3.8, 4) is 5.75 Å². The summed E-state index contributed by atoms with van der Waals surface area (Å²) in [5, 5.41) is 12.1. The minimum Gasteiger partial charge on any atom is -0.494 e. The Bertz CT molecular complexity index is 747. The minimum atomic E-state index is 0.603. The highest BCUT2D eigenvalue weighted by atomic mass is 35.5. The van der Waals surface area contributed by atoms with Crippen molar-refractivity contribution in [3.63, 3.8) is 0 Å². The van der Waals surface area contributed by atoms with Gasteiger partial charge in [0.05, 0.1) is 12.3 Å². The van der Waals surface area contributed by atoms with E-state index in [1.54, 1.807) is 4.52 Å². The van der Waals surface area contributed by atoms with E-state index in [1.807, 2.05) is 31.2 Å². The second-order valence-electron chi connectivity index (χ2n) is 4.82. The largest absolute Gasteiger partial charge is 0.494 e. The number of aryl methyl sites for hydroxylation is 2. The molecule has 0 radical (unpaired) electrons. The first-order valence-corrected chi connectivity index (χ1v) is 7.09. The van der Waals surface area contributed by atoms with Gasteiger partial charge < -0.3 is 10.5 Å². The highest BCUT2D eigenvalue weighted by Gasteiger charge is 2.12. The number of hydrogen-bond donors (Lipinski definition) is 2. The molecular weight excluding hydrogens is 290 g/mol. The van der Waals surface area contributed by atoms with E-state index >= 15 is 0 Å². The van der Waals surface area contributed by atoms with Crippen LogP contribution >= 0.6 is 11.6 Å². The van der Waals surface area contributed by atoms with Crippen LogP contribution in [0.2, 0.25) is 5.02 Å². The average molecular weight is 306 g/mol. The van der Waals surface area contributed by atoms with E-state index in [0.717, 1.165) is 41.4 Å². The summed E-state index contributed by atoms with van der Waals surface area (Å²) < 4.78 is 7.40. The van der Waals surface area contributed by atoms with Crippen LogP contribution < -0.4 is 10.5 Å². The average Bonchev–Trinajstić information content (AvgIpc) is 2.99. The van der Waals surface area contributed by atoms with E-state index < -0.39 is 0 Å². The lowest BCUT2D eigenvalue weighted by Gasteiger charge is -2.05. The van der Waals surface area contributed by atoms with E-state index in [4.69, 9.17) is 22.1 Å². The Morgan fingerprint density at radius 2 is 2.10 bits per heavy atom. The van der Waals surface area contributed by atoms with Gasteiger partial charge in [0.15, 0.2) is 11.5 Å². The molecule has 0 fully saturated rings. The molecule has 2 heterocycles. The van der Waals surface area contributed by atoms with E-state index in [1.165, 1.54) is 0 Å². The van der Waals surface area contributed by atoms with E-state index in [9.17, 15) is 0 Å². The number of hydrogen-bond acceptors (Lipinski definition) is 4. The number of rotatable bonds is 5. The second-order valence-corrected chi connectivity index (χ2v) is 5.20. The molecule has 0 spiro atoms. The van der Waals surface area contributed by atoms with Crippen molar-refractivity contribution < 1.29 is 4.74 Å². The normalized spacial score (nSPS) is 11.1. The predicted octanol–water partition coefficient (Wildman–Crippen LogP) is 2.61. The molecular formula is C14H16ClN5O. The Hall–Kier alpha value is -2.21. The highest BCUT2D eigenvalue weighted by Crippen LogP contribution is 2.20. The summed E-state index contributed by atoms with van der Waals surface area (Å²) in [5.41, 5.74) is 7.89. The number of aromatic nitrogens is 4. The lowest BCUT2D eigenvalue weighted by atomic mass is 10.3. The van der Waals surface area contributed by atoms with Crippen LogP contribution in [-0.4, -0.2) is 26.4 Å². The summed E-state index contributed by atoms with van der Waals surface area (Å²) in [6.07, 6.45) is 1.59. The van der Waals surface area contributed by atoms with Gasteiger partial charge in [-0.15, -0.1) is 0 Å². The lowest BCUT2D eigenvalue weighted by Crippen LogP contribution is -2.03. The van der Waals surface area contributed by atoms with Crippen molar-refractivity contribution >= 4 is 22.9 Å². The van der Waals surface area contributed by atoms with Crippen molar-refractivity contribution in [1.29, 1.82) is 0 Å². The van der Waals surface area contributed by atoms with Gasteiger partial charge in [-0.1, -0.05) is 11.6 Å². The van der Waals surface area contributed by atoms with Crippen LogP contribution in [0.3, 0.4) is 0 Å². The third-order valence-electron chi connectivity index (χ3n) is 3.22. The quantitative estimate of drug-likeness (QED) is 0.561. The van der Waals surface area contributed by atoms with Gasteiger partial charge in [0.2, 0.25) is 0 Å². The lowest BCUT2D eigenvalue weighted by molar-refractivity contribution is 0.309. The number of nitrogen functional groups attached to an aromatic ring is 1. The zero-order chi connectivity index (χ0) is 14.8. The second kappa shape index (κ2) is 5.65. The molecule has 6 nitrogen and oxygen atoms in total. The zero-order valence-corrected chi connectivity index (χ0v) is 12.4. The Balaban J connectivity index is 1.57. The number of nitrogens with one attached hydrogen (secondary N) is 1. The standard InChI is InChI=1S/C14H16ClN5O/c1-9-13(15)14-18-17-12(20(14)19-9)3-2-8-21-11-6-4-10(16)5-7-11/h4-7,18H,2-3,8,16H2,1H3. The molecule has 3 aromatic rings. The number of H-pyrrole nitrogens is 1. The number of ether oxygens (including phenoxy) is 1. The van der Waals surface area contributed by atoms with Crippen LogP contribution in [0.25, 0.3) is 5.65 Å². The molecule has 0 saturated carbocycles. The molecule has 3 rings (SSSR count). The molecule has 0 aliphatic heterocycles. The summed E-state index contributed by atoms with van der Waals surface area (Å²) in [7, 11) is 0. The Kier molecular flexibility index (Phi) is 3.70. The van der Waals surface area contributed by atoms with Gasteiger partial charge in [-0.25, -0.2) is 0 Å². The van der Waals surface area contributed by atoms with Crippen molar-refractivity contribution in [3.05, 3.63) is 40.8 Å². The van der Waals surface area contributed by atoms with Crippen molar-refractivity contribution in [2.24, 2.45) is 0 Å². The van der Waals surface area contributed by atoms with Crippen LogP contribution in [0.15, 0.2) is 24.3 Å². The van der Waals surface area contributed by atoms with Gasteiger partial charge in [0, 0.05) is 12.1 Å². The maximum atomic E-state index is 6.12. The maximum absolute atomic E-state index is 6.12. The van der Waals surface area contributed by atoms with Crippen molar-refractivity contribution in [1.82, 2.24) is 19.8 Å². The molecule has 0 bridgehead atoms. The minimum absolute atomic E-state index is 0.603. The number of halogens is 1. The van der Waals surface area contributed by atoms with Gasteiger partial charge in [0.1, 0.15) is 10.8 Å². The van der Waals surface area contributed by atoms with E-state index in [0.29, 0.717) is 11.6 Å². The number of fused-ring (bicyclic) bond motifs is 1. The molecule has 2 aromatic heterocycles. The van der Waals surface area contributed by atoms with Gasteiger partial charge in [0.25, 0.3) is 0 Å². The molecule has 1 aromatic carbocycles. The highest BCUT2D eigenvalue weighted by molar-refractivity contribution is 6.34. The smallest absolute Gasteiger partial charge is 0.170 e. The Labute approximate surface area is 126 Å². The van der Waals surface area contributed by atoms with Crippen molar-refractivity contribution in [2.45, 2.75) is 19.8 Å². The molecule has 0 saturated heterocycles. The Morgan fingerprint density at radius 1 is 1.33 bits per heavy atom. The number of anilines is 1. The topological polar surface area (TPSA) is 81.2 Å². The van der Waals surface area contributed by atoms with Crippen LogP contribution in [-0.2, 0) is 6.42 Å². The molecule has 3 N–H and O–H groups in total. The fourth-order valence-corrected chi connectivity index (χ4v) is 2.26. The van der Waals surface area contributed by atoms with Gasteiger partial charge in [-0.05, 0) is 37.6 Å². The maximum Gasteiger partial charge on any atom is 0.170 e. The van der Waals surface area contributed by atoms with Gasteiger partial charge >= 0.3 is 0 Å². The molecule has 0 aliphatic rings. The summed E-state index contributed by atoms with van der Waals surface area (Å²) in [5.74, 6) is 1.66. The zero-order valence-electron chi connectivity index (χ0n) is 11.6. The summed E-state index contributed by atoms with van der Waals surface area (Å²) in [6, 6.07) is 7.36. The summed E-state index contributed by atoms with van der Waals surface area (Å²) in [4.78, 5) is 0. The summed E-state index contributed by atoms with van der Waals surface area (Å²) >= 11 is 6.12. The third-order valence-corrected chi connectivity index (χ3v) is 3.67. The molecule has 110 valence electrons. The molecule has 21 heavy (non-hydrogen) atoms. The first-order valence-electron chi connectivity index (χ1n) is 6.71. The molecule has 0 unspecified atom stereocenters. The molecule has 0 atom stereocenters. The summed E-state index contributed by atoms with van der Waals surface area (Å²) in [6.45, 7) is 2.48. The SMILES string of the molecule is Cc1nn2c(CCCOc3ccc(N)cc3)n[nH]c2c1Cl. The first kappa shape index (κ1) is 13.8. The molecule has 0 aliphatic carbocycles. The van der Waals surface area contributed by atoms with Crippen LogP contribution in [0, 0.1) is 6.92 Å². The number of benzene rings is 1. The molecule has 0 amide bonds. The van der Waals surface area contributed by atoms with E-state index in [2.05, 4.69) is 15.3 Å². The fraction of sp³-hybridized carbons (Fsp3) is 0.286. The predicted molar refractivity (Wildman–Crippen MR) is 81.8 cm³/mol. The fourth-order valence-electron chi connectivity index (χ4n) is 2.10.